The average Bonchev–Trinajstić information content (AvgIpc) is 3.64. The number of halogens is 1. The molecule has 192 valence electrons. The Labute approximate surface area is 212 Å². The van der Waals surface area contributed by atoms with E-state index in [-0.39, 0.29) is 11.9 Å². The highest BCUT2D eigenvalue weighted by Crippen LogP contribution is 2.32. The predicted molar refractivity (Wildman–Crippen MR) is 143 cm³/mol. The number of nitrogens with one attached hydrogen (secondary N) is 2. The van der Waals surface area contributed by atoms with Crippen LogP contribution in [0.2, 0.25) is 0 Å². The van der Waals surface area contributed by atoms with Gasteiger partial charge >= 0.3 is 0 Å². The molecular weight excluding hydrogens is 455 g/mol. The monoisotopic (exact) mass is 492 g/mol. The summed E-state index contributed by atoms with van der Waals surface area (Å²) >= 11 is 0. The Morgan fingerprint density at radius 2 is 2.11 bits per heavy atom. The molecule has 8 heteroatoms. The first-order chi connectivity index (χ1) is 17.5. The Morgan fingerprint density at radius 3 is 2.92 bits per heavy atom. The molecule has 2 atom stereocenters. The van der Waals surface area contributed by atoms with Crippen molar-refractivity contribution in [1.29, 1.82) is 5.41 Å². The summed E-state index contributed by atoms with van der Waals surface area (Å²) in [5.41, 5.74) is 8.26. The highest BCUT2D eigenvalue weighted by Gasteiger charge is 2.27. The van der Waals surface area contributed by atoms with Gasteiger partial charge in [-0.2, -0.15) is 0 Å². The number of aromatic nitrogens is 2. The van der Waals surface area contributed by atoms with E-state index in [0.717, 1.165) is 44.3 Å². The molecule has 5 N–H and O–H groups in total. The van der Waals surface area contributed by atoms with Gasteiger partial charge in [0.05, 0.1) is 29.7 Å². The fraction of sp³-hybridized carbons (Fsp3) is 0.429. The second kappa shape index (κ2) is 12.6. The van der Waals surface area contributed by atoms with Crippen molar-refractivity contribution < 1.29 is 9.50 Å². The minimum absolute atomic E-state index is 0.00551. The zero-order valence-electron chi connectivity index (χ0n) is 20.7. The third-order valence-electron chi connectivity index (χ3n) is 6.88. The lowest BCUT2D eigenvalue weighted by Crippen LogP contribution is -2.28. The normalized spacial score (nSPS) is 20.2. The minimum atomic E-state index is -0.482. The zero-order chi connectivity index (χ0) is 25.3. The molecule has 2 saturated heterocycles. The summed E-state index contributed by atoms with van der Waals surface area (Å²) in [6, 6.07) is 6.63. The van der Waals surface area contributed by atoms with Crippen LogP contribution >= 0.6 is 0 Å². The molecule has 0 spiro atoms. The molecule has 1 aromatic heterocycles. The van der Waals surface area contributed by atoms with Crippen molar-refractivity contribution in [2.45, 2.75) is 50.7 Å². The number of aliphatic hydroxyl groups excluding tert-OH is 1. The molecule has 0 aliphatic carbocycles. The van der Waals surface area contributed by atoms with E-state index in [4.69, 9.17) is 11.1 Å². The van der Waals surface area contributed by atoms with Crippen molar-refractivity contribution in [3.63, 3.8) is 0 Å². The number of allylic oxidation sites excluding steroid dienone is 2. The Balaban J connectivity index is 1.27. The molecular formula is C28H37FN6O. The van der Waals surface area contributed by atoms with Gasteiger partial charge < -0.3 is 25.6 Å². The van der Waals surface area contributed by atoms with Gasteiger partial charge in [0.2, 0.25) is 0 Å². The predicted octanol–water partition coefficient (Wildman–Crippen LogP) is 4.47. The molecule has 3 heterocycles. The van der Waals surface area contributed by atoms with E-state index in [1.54, 1.807) is 48.7 Å². The maximum Gasteiger partial charge on any atom is 0.130 e. The van der Waals surface area contributed by atoms with E-state index in [9.17, 15) is 9.50 Å². The van der Waals surface area contributed by atoms with Gasteiger partial charge in [0.15, 0.2) is 0 Å². The highest BCUT2D eigenvalue weighted by atomic mass is 19.1. The van der Waals surface area contributed by atoms with Crippen LogP contribution in [0.25, 0.3) is 11.8 Å². The summed E-state index contributed by atoms with van der Waals surface area (Å²) in [7, 11) is 0. The van der Waals surface area contributed by atoms with E-state index in [1.165, 1.54) is 32.0 Å². The summed E-state index contributed by atoms with van der Waals surface area (Å²) in [4.78, 5) is 11.9. The van der Waals surface area contributed by atoms with Crippen molar-refractivity contribution in [2.24, 2.45) is 5.73 Å². The standard InChI is InChI=1S/C28H37FN6O/c29-22-8-3-7-21(19-22)26-12-6-18-35(26)27(31)13-14-28-32-20-25(33-28)24(30)11-4-9-23(36)10-5-17-34-15-1-2-16-34/h3-4,7-9,11,13-14,19-20,23,26,31,36H,1-2,5-6,10,12,15-18,30H2,(H,32,33)/b9-4-,14-13-,24-11-,31-27?. The first kappa shape index (κ1) is 25.9. The Morgan fingerprint density at radius 1 is 1.28 bits per heavy atom. The number of amidine groups is 1. The van der Waals surface area contributed by atoms with Gasteiger partial charge in [-0.3, -0.25) is 5.41 Å². The Hall–Kier alpha value is -3.23. The van der Waals surface area contributed by atoms with E-state index in [1.807, 2.05) is 11.0 Å². The molecule has 36 heavy (non-hydrogen) atoms. The molecule has 2 aliphatic heterocycles. The highest BCUT2D eigenvalue weighted by molar-refractivity contribution is 5.94. The number of nitrogens with two attached hydrogens (primary N) is 1. The molecule has 2 unspecified atom stereocenters. The second-order valence-corrected chi connectivity index (χ2v) is 9.57. The summed E-state index contributed by atoms with van der Waals surface area (Å²) in [6.45, 7) is 4.18. The molecule has 7 nitrogen and oxygen atoms in total. The number of hydrogen-bond donors (Lipinski definition) is 4. The molecule has 4 rings (SSSR count). The fourth-order valence-electron chi connectivity index (χ4n) is 4.94. The molecule has 1 aromatic carbocycles. The molecule has 0 amide bonds. The van der Waals surface area contributed by atoms with Crippen molar-refractivity contribution >= 4 is 17.6 Å². The number of H-pyrrole nitrogens is 1. The van der Waals surface area contributed by atoms with Crippen molar-refractivity contribution in [2.75, 3.05) is 26.2 Å². The van der Waals surface area contributed by atoms with Crippen molar-refractivity contribution in [1.82, 2.24) is 19.8 Å². The van der Waals surface area contributed by atoms with Crippen LogP contribution in [0.3, 0.4) is 0 Å². The minimum Gasteiger partial charge on any atom is -0.397 e. The smallest absolute Gasteiger partial charge is 0.130 e. The van der Waals surface area contributed by atoms with Crippen LogP contribution in [-0.2, 0) is 0 Å². The van der Waals surface area contributed by atoms with Gasteiger partial charge in [-0.05, 0) is 94.1 Å². The number of aliphatic hydroxyl groups is 1. The molecule has 2 aliphatic rings. The summed E-state index contributed by atoms with van der Waals surface area (Å²) in [5.74, 6) is 0.709. The maximum atomic E-state index is 13.7. The lowest BCUT2D eigenvalue weighted by atomic mass is 10.0. The van der Waals surface area contributed by atoms with Crippen LogP contribution in [0.15, 0.2) is 54.8 Å². The summed E-state index contributed by atoms with van der Waals surface area (Å²) in [6.07, 6.45) is 16.1. The van der Waals surface area contributed by atoms with Gasteiger partial charge in [0.1, 0.15) is 17.5 Å². The summed E-state index contributed by atoms with van der Waals surface area (Å²) in [5, 5.41) is 18.7. The first-order valence-corrected chi connectivity index (χ1v) is 12.9. The first-order valence-electron chi connectivity index (χ1n) is 12.9. The number of nitrogens with zero attached hydrogens (tertiary/aromatic N) is 3. The van der Waals surface area contributed by atoms with Crippen LogP contribution in [0.4, 0.5) is 4.39 Å². The number of hydrogen-bond acceptors (Lipinski definition) is 5. The number of likely N-dealkylation sites (tertiary alicyclic amines) is 2. The summed E-state index contributed by atoms with van der Waals surface area (Å²) < 4.78 is 13.7. The Kier molecular flexibility index (Phi) is 9.08. The topological polar surface area (TPSA) is 105 Å². The molecule has 0 radical (unpaired) electrons. The van der Waals surface area contributed by atoms with E-state index in [0.29, 0.717) is 23.1 Å². The van der Waals surface area contributed by atoms with Crippen LogP contribution in [-0.4, -0.2) is 63.0 Å². The van der Waals surface area contributed by atoms with Gasteiger partial charge in [-0.15, -0.1) is 0 Å². The maximum absolute atomic E-state index is 13.7. The van der Waals surface area contributed by atoms with Gasteiger partial charge in [-0.25, -0.2) is 9.37 Å². The van der Waals surface area contributed by atoms with Crippen molar-refractivity contribution in [3.05, 3.63) is 77.7 Å². The van der Waals surface area contributed by atoms with E-state index in [2.05, 4.69) is 14.9 Å². The van der Waals surface area contributed by atoms with Crippen LogP contribution in [0.5, 0.6) is 0 Å². The number of imidazole rings is 1. The van der Waals surface area contributed by atoms with E-state index >= 15 is 0 Å². The van der Waals surface area contributed by atoms with Crippen LogP contribution in [0.1, 0.15) is 61.6 Å². The number of aromatic amines is 1. The SMILES string of the molecule is N=C(/C=C\c1ncc(/C(N)=C/C=C\C(O)CCCN2CCCC2)[nH]1)N1CCCC1c1cccc(F)c1. The third-order valence-corrected chi connectivity index (χ3v) is 6.88. The Bertz CT molecular complexity index is 1100. The van der Waals surface area contributed by atoms with Crippen LogP contribution < -0.4 is 5.73 Å². The lowest BCUT2D eigenvalue weighted by molar-refractivity contribution is 0.200. The molecule has 0 bridgehead atoms. The second-order valence-electron chi connectivity index (χ2n) is 9.57. The number of rotatable bonds is 10. The third kappa shape index (κ3) is 7.15. The fourth-order valence-corrected chi connectivity index (χ4v) is 4.94. The lowest BCUT2D eigenvalue weighted by Gasteiger charge is -2.26. The van der Waals surface area contributed by atoms with Gasteiger partial charge in [-0.1, -0.05) is 24.3 Å². The molecule has 0 saturated carbocycles. The number of benzene rings is 1. The molecule has 2 fully saturated rings. The average molecular weight is 493 g/mol. The zero-order valence-corrected chi connectivity index (χ0v) is 20.7. The van der Waals surface area contributed by atoms with Crippen molar-refractivity contribution in [3.8, 4) is 0 Å². The largest absolute Gasteiger partial charge is 0.397 e. The van der Waals surface area contributed by atoms with Crippen LogP contribution in [0, 0.1) is 11.2 Å². The van der Waals surface area contributed by atoms with E-state index < -0.39 is 6.10 Å². The van der Waals surface area contributed by atoms with Gasteiger partial charge in [0, 0.05) is 6.54 Å². The quantitative estimate of drug-likeness (QED) is 0.223. The van der Waals surface area contributed by atoms with Gasteiger partial charge in [0.25, 0.3) is 0 Å². The molecule has 2 aromatic rings.